The average molecular weight is 346 g/mol. The first-order valence-electron chi connectivity index (χ1n) is 7.84. The van der Waals surface area contributed by atoms with Gasteiger partial charge in [0.1, 0.15) is 18.4 Å². The number of carbonyl (C=O) groups excluding carboxylic acids is 1. The summed E-state index contributed by atoms with van der Waals surface area (Å²) in [5, 5.41) is 9.49. The first kappa shape index (κ1) is 17.1. The number of aryl methyl sites for hydroxylation is 1. The summed E-state index contributed by atoms with van der Waals surface area (Å²) in [5.41, 5.74) is -0.342. The molecule has 0 bridgehead atoms. The molecule has 3 atom stereocenters. The topological polar surface area (TPSA) is 111 Å². The molecule has 1 aromatic heterocycles. The van der Waals surface area contributed by atoms with E-state index in [1.807, 2.05) is 0 Å². The number of aromatic nitrogens is 2. The van der Waals surface area contributed by atoms with Gasteiger partial charge in [0.15, 0.2) is 0 Å². The third-order valence-corrected chi connectivity index (χ3v) is 4.08. The van der Waals surface area contributed by atoms with Crippen LogP contribution in [0.5, 0.6) is 0 Å². The van der Waals surface area contributed by atoms with Crippen molar-refractivity contribution < 1.29 is 19.4 Å². The van der Waals surface area contributed by atoms with Crippen LogP contribution in [0.25, 0.3) is 0 Å². The third-order valence-electron chi connectivity index (χ3n) is 4.08. The molecule has 1 aromatic carbocycles. The van der Waals surface area contributed by atoms with E-state index in [-0.39, 0.29) is 13.0 Å². The molecule has 2 N–H and O–H groups in total. The number of nitrogens with zero attached hydrogens (tertiary/aromatic N) is 1. The van der Waals surface area contributed by atoms with Crippen molar-refractivity contribution >= 4 is 5.97 Å². The van der Waals surface area contributed by atoms with Crippen LogP contribution < -0.4 is 11.2 Å². The number of hydrogen-bond donors (Lipinski definition) is 2. The number of esters is 1. The fourth-order valence-electron chi connectivity index (χ4n) is 2.74. The molecule has 1 aliphatic heterocycles. The van der Waals surface area contributed by atoms with Crippen LogP contribution in [0.15, 0.2) is 46.1 Å². The molecule has 8 nitrogen and oxygen atoms in total. The van der Waals surface area contributed by atoms with Crippen LogP contribution in [0, 0.1) is 6.92 Å². The number of H-pyrrole nitrogens is 1. The summed E-state index contributed by atoms with van der Waals surface area (Å²) in [6.45, 7) is 1.21. The van der Waals surface area contributed by atoms with Gasteiger partial charge in [-0.15, -0.1) is 0 Å². The van der Waals surface area contributed by atoms with E-state index in [0.29, 0.717) is 11.1 Å². The summed E-state index contributed by atoms with van der Waals surface area (Å²) < 4.78 is 12.3. The first-order chi connectivity index (χ1) is 12.0. The summed E-state index contributed by atoms with van der Waals surface area (Å²) in [7, 11) is 0. The third kappa shape index (κ3) is 3.54. The van der Waals surface area contributed by atoms with Crippen molar-refractivity contribution in [2.24, 2.45) is 0 Å². The van der Waals surface area contributed by atoms with Gasteiger partial charge in [-0.25, -0.2) is 9.59 Å². The lowest BCUT2D eigenvalue weighted by Crippen LogP contribution is -2.33. The Hall–Kier alpha value is -2.71. The summed E-state index contributed by atoms with van der Waals surface area (Å²) in [4.78, 5) is 37.9. The monoisotopic (exact) mass is 346 g/mol. The van der Waals surface area contributed by atoms with Crippen molar-refractivity contribution in [1.29, 1.82) is 0 Å². The van der Waals surface area contributed by atoms with E-state index in [1.165, 1.54) is 10.8 Å². The highest BCUT2D eigenvalue weighted by Gasteiger charge is 2.39. The van der Waals surface area contributed by atoms with Crippen LogP contribution in [0.1, 0.15) is 28.6 Å². The van der Waals surface area contributed by atoms with Gasteiger partial charge in [-0.05, 0) is 19.1 Å². The second kappa shape index (κ2) is 7.04. The molecule has 2 heterocycles. The van der Waals surface area contributed by atoms with Crippen molar-refractivity contribution in [3.8, 4) is 0 Å². The SMILES string of the molecule is Cc1cn([C@@H]2CC(OC(=O)c3ccccc3)[C@H](CO)O2)c(=O)[nH]c1=O. The molecule has 0 aliphatic carbocycles. The fraction of sp³-hybridized carbons (Fsp3) is 0.353. The Morgan fingerprint density at radius 1 is 1.36 bits per heavy atom. The predicted octanol–water partition coefficient (Wildman–Crippen LogP) is 0.350. The quantitative estimate of drug-likeness (QED) is 0.773. The number of aromatic amines is 1. The number of hydrogen-bond acceptors (Lipinski definition) is 6. The number of aliphatic hydroxyl groups excluding tert-OH is 1. The molecule has 1 aliphatic rings. The highest BCUT2D eigenvalue weighted by atomic mass is 16.6. The Balaban J connectivity index is 1.79. The highest BCUT2D eigenvalue weighted by Crippen LogP contribution is 2.30. The summed E-state index contributed by atoms with van der Waals surface area (Å²) in [6.07, 6.45) is -0.621. The van der Waals surface area contributed by atoms with Crippen molar-refractivity contribution in [2.45, 2.75) is 31.8 Å². The molecule has 8 heteroatoms. The summed E-state index contributed by atoms with van der Waals surface area (Å²) >= 11 is 0. The zero-order chi connectivity index (χ0) is 18.0. The second-order valence-electron chi connectivity index (χ2n) is 5.84. The van der Waals surface area contributed by atoms with Crippen molar-refractivity contribution in [3.63, 3.8) is 0 Å². The minimum absolute atomic E-state index is 0.190. The fourth-order valence-corrected chi connectivity index (χ4v) is 2.74. The Morgan fingerprint density at radius 3 is 2.76 bits per heavy atom. The van der Waals surface area contributed by atoms with Crippen LogP contribution >= 0.6 is 0 Å². The molecular weight excluding hydrogens is 328 g/mol. The summed E-state index contributed by atoms with van der Waals surface area (Å²) in [6, 6.07) is 8.47. The lowest BCUT2D eigenvalue weighted by atomic mass is 10.1. The molecule has 1 saturated heterocycles. The molecule has 25 heavy (non-hydrogen) atoms. The van der Waals surface area contributed by atoms with Crippen molar-refractivity contribution in [3.05, 3.63) is 68.5 Å². The van der Waals surface area contributed by atoms with Gasteiger partial charge in [0.25, 0.3) is 5.56 Å². The molecule has 0 spiro atoms. The number of benzene rings is 1. The van der Waals surface area contributed by atoms with E-state index in [9.17, 15) is 19.5 Å². The van der Waals surface area contributed by atoms with E-state index >= 15 is 0 Å². The number of aliphatic hydroxyl groups is 1. The molecule has 1 unspecified atom stereocenters. The van der Waals surface area contributed by atoms with Gasteiger partial charge in [-0.3, -0.25) is 14.3 Å². The average Bonchev–Trinajstić information content (AvgIpc) is 3.01. The lowest BCUT2D eigenvalue weighted by Gasteiger charge is -2.16. The van der Waals surface area contributed by atoms with Gasteiger partial charge in [0.05, 0.1) is 12.2 Å². The maximum atomic E-state index is 12.2. The second-order valence-corrected chi connectivity index (χ2v) is 5.84. The number of ether oxygens (including phenoxy) is 2. The Bertz CT molecular complexity index is 873. The Kier molecular flexibility index (Phi) is 4.82. The van der Waals surface area contributed by atoms with Gasteiger partial charge >= 0.3 is 11.7 Å². The zero-order valence-electron chi connectivity index (χ0n) is 13.5. The molecular formula is C17H18N2O6. The lowest BCUT2D eigenvalue weighted by molar-refractivity contribution is -0.0522. The highest BCUT2D eigenvalue weighted by molar-refractivity contribution is 5.89. The Morgan fingerprint density at radius 2 is 2.08 bits per heavy atom. The first-order valence-corrected chi connectivity index (χ1v) is 7.84. The molecule has 1 fully saturated rings. The number of rotatable bonds is 4. The predicted molar refractivity (Wildman–Crippen MR) is 87.3 cm³/mol. The maximum Gasteiger partial charge on any atom is 0.338 e. The van der Waals surface area contributed by atoms with Crippen LogP contribution in [0.4, 0.5) is 0 Å². The standard InChI is InChI=1S/C17H18N2O6/c1-10-8-19(17(23)18-15(10)21)14-7-12(13(9-20)24-14)25-16(22)11-5-3-2-4-6-11/h2-6,8,12-14,20H,7,9H2,1H3,(H,18,21,23)/t12?,13-,14-/m0/s1. The number of nitrogens with one attached hydrogen (secondary N) is 1. The molecule has 2 aromatic rings. The van der Waals surface area contributed by atoms with Crippen LogP contribution in [0.2, 0.25) is 0 Å². The number of carbonyl (C=O) groups is 1. The van der Waals surface area contributed by atoms with Crippen LogP contribution in [-0.4, -0.2) is 39.4 Å². The minimum Gasteiger partial charge on any atom is -0.456 e. The van der Waals surface area contributed by atoms with Crippen molar-refractivity contribution in [2.75, 3.05) is 6.61 Å². The van der Waals surface area contributed by atoms with Gasteiger partial charge < -0.3 is 14.6 Å². The maximum absolute atomic E-state index is 12.2. The van der Waals surface area contributed by atoms with Gasteiger partial charge in [-0.1, -0.05) is 18.2 Å². The van der Waals surface area contributed by atoms with E-state index < -0.39 is 35.7 Å². The molecule has 0 saturated carbocycles. The van der Waals surface area contributed by atoms with Gasteiger partial charge in [0.2, 0.25) is 0 Å². The van der Waals surface area contributed by atoms with Gasteiger partial charge in [0, 0.05) is 18.2 Å². The zero-order valence-corrected chi connectivity index (χ0v) is 13.5. The van der Waals surface area contributed by atoms with Crippen LogP contribution in [-0.2, 0) is 9.47 Å². The van der Waals surface area contributed by atoms with Crippen molar-refractivity contribution in [1.82, 2.24) is 9.55 Å². The van der Waals surface area contributed by atoms with E-state index in [4.69, 9.17) is 9.47 Å². The Labute approximate surface area is 142 Å². The molecule has 3 rings (SSSR count). The largest absolute Gasteiger partial charge is 0.456 e. The minimum atomic E-state index is -0.753. The molecule has 0 amide bonds. The smallest absolute Gasteiger partial charge is 0.338 e. The van der Waals surface area contributed by atoms with E-state index in [0.717, 1.165) is 0 Å². The van der Waals surface area contributed by atoms with Crippen LogP contribution in [0.3, 0.4) is 0 Å². The van der Waals surface area contributed by atoms with E-state index in [1.54, 1.807) is 37.3 Å². The summed E-state index contributed by atoms with van der Waals surface area (Å²) in [5.74, 6) is -0.529. The molecule has 0 radical (unpaired) electrons. The van der Waals surface area contributed by atoms with Gasteiger partial charge in [-0.2, -0.15) is 0 Å². The van der Waals surface area contributed by atoms with E-state index in [2.05, 4.69) is 4.98 Å². The normalized spacial score (nSPS) is 22.7. The molecule has 132 valence electrons.